The zero-order chi connectivity index (χ0) is 12.1. The summed E-state index contributed by atoms with van der Waals surface area (Å²) in [6.07, 6.45) is 0. The smallest absolute Gasteiger partial charge is 0.339 e. The van der Waals surface area contributed by atoms with Gasteiger partial charge in [0.15, 0.2) is 0 Å². The van der Waals surface area contributed by atoms with Crippen LogP contribution in [0.3, 0.4) is 0 Å². The number of halogens is 1. The number of rotatable bonds is 3. The molecule has 0 bridgehead atoms. The quantitative estimate of drug-likeness (QED) is 0.630. The standard InChI is InChI=1S/C11H10INO3/c1-3-16-11(14)8-5-10(15-2)7(6-13)4-9(8)12/h4-5H,3H2,1-2H3. The summed E-state index contributed by atoms with van der Waals surface area (Å²) in [6.45, 7) is 2.06. The molecule has 0 heterocycles. The van der Waals surface area contributed by atoms with E-state index in [1.807, 2.05) is 28.7 Å². The van der Waals surface area contributed by atoms with Crippen LogP contribution >= 0.6 is 22.6 Å². The largest absolute Gasteiger partial charge is 0.495 e. The fourth-order valence-corrected chi connectivity index (χ4v) is 1.86. The summed E-state index contributed by atoms with van der Waals surface area (Å²) >= 11 is 1.99. The zero-order valence-corrected chi connectivity index (χ0v) is 11.1. The Kier molecular flexibility index (Phi) is 4.55. The fourth-order valence-electron chi connectivity index (χ4n) is 1.17. The van der Waals surface area contributed by atoms with Crippen LogP contribution in [0.25, 0.3) is 0 Å². The maximum Gasteiger partial charge on any atom is 0.339 e. The Bertz CT molecular complexity index is 451. The average Bonchev–Trinajstić information content (AvgIpc) is 2.28. The Hall–Kier alpha value is -1.29. The number of esters is 1. The number of carbonyl (C=O) groups is 1. The Balaban J connectivity index is 3.22. The maximum absolute atomic E-state index is 11.6. The molecule has 4 nitrogen and oxygen atoms in total. The lowest BCUT2D eigenvalue weighted by atomic mass is 10.1. The molecule has 1 rings (SSSR count). The first kappa shape index (κ1) is 12.8. The van der Waals surface area contributed by atoms with Gasteiger partial charge in [-0.15, -0.1) is 0 Å². The molecule has 0 amide bonds. The van der Waals surface area contributed by atoms with Crippen LogP contribution in [0.15, 0.2) is 12.1 Å². The summed E-state index contributed by atoms with van der Waals surface area (Å²) in [4.78, 5) is 11.6. The Morgan fingerprint density at radius 2 is 2.25 bits per heavy atom. The number of nitriles is 1. The Morgan fingerprint density at radius 1 is 1.56 bits per heavy atom. The molecule has 0 aliphatic carbocycles. The number of hydrogen-bond acceptors (Lipinski definition) is 4. The van der Waals surface area contributed by atoms with E-state index in [-0.39, 0.29) is 0 Å². The van der Waals surface area contributed by atoms with Gasteiger partial charge in [0.1, 0.15) is 11.8 Å². The highest BCUT2D eigenvalue weighted by atomic mass is 127. The van der Waals surface area contributed by atoms with E-state index < -0.39 is 5.97 Å². The number of benzene rings is 1. The summed E-state index contributed by atoms with van der Waals surface area (Å²) in [5.74, 6) is -0.0272. The lowest BCUT2D eigenvalue weighted by Gasteiger charge is -2.08. The molecule has 84 valence electrons. The van der Waals surface area contributed by atoms with Crippen LogP contribution in [0.1, 0.15) is 22.8 Å². The first-order valence-electron chi connectivity index (χ1n) is 4.58. The molecule has 0 atom stereocenters. The minimum Gasteiger partial charge on any atom is -0.495 e. The van der Waals surface area contributed by atoms with Gasteiger partial charge in [0.05, 0.1) is 24.8 Å². The molecular formula is C11H10INO3. The molecule has 0 saturated heterocycles. The van der Waals surface area contributed by atoms with Gasteiger partial charge in [0, 0.05) is 3.57 Å². The van der Waals surface area contributed by atoms with Crippen LogP contribution < -0.4 is 4.74 Å². The molecule has 5 heteroatoms. The molecule has 1 aromatic carbocycles. The topological polar surface area (TPSA) is 59.3 Å². The van der Waals surface area contributed by atoms with Crippen molar-refractivity contribution in [3.63, 3.8) is 0 Å². The Morgan fingerprint density at radius 3 is 2.75 bits per heavy atom. The highest BCUT2D eigenvalue weighted by Gasteiger charge is 2.15. The molecule has 0 aromatic heterocycles. The van der Waals surface area contributed by atoms with Crippen molar-refractivity contribution in [2.45, 2.75) is 6.92 Å². The third kappa shape index (κ3) is 2.64. The van der Waals surface area contributed by atoms with E-state index in [9.17, 15) is 4.79 Å². The molecule has 0 radical (unpaired) electrons. The number of ether oxygens (including phenoxy) is 2. The first-order valence-corrected chi connectivity index (χ1v) is 5.66. The molecule has 0 aliphatic rings. The lowest BCUT2D eigenvalue weighted by Crippen LogP contribution is -2.07. The van der Waals surface area contributed by atoms with Crippen molar-refractivity contribution in [1.29, 1.82) is 5.26 Å². The van der Waals surface area contributed by atoms with Crippen molar-refractivity contribution < 1.29 is 14.3 Å². The van der Waals surface area contributed by atoms with Crippen LogP contribution in [-0.2, 0) is 4.74 Å². The maximum atomic E-state index is 11.6. The molecule has 1 aromatic rings. The predicted molar refractivity (Wildman–Crippen MR) is 66.4 cm³/mol. The summed E-state index contributed by atoms with van der Waals surface area (Å²) in [7, 11) is 1.46. The van der Waals surface area contributed by atoms with Gasteiger partial charge in [-0.25, -0.2) is 4.79 Å². The predicted octanol–water partition coefficient (Wildman–Crippen LogP) is 2.35. The summed E-state index contributed by atoms with van der Waals surface area (Å²) in [5, 5.41) is 8.86. The van der Waals surface area contributed by atoms with Crippen molar-refractivity contribution in [3.8, 4) is 11.8 Å². The second kappa shape index (κ2) is 5.70. The van der Waals surface area contributed by atoms with Crippen molar-refractivity contribution in [2.75, 3.05) is 13.7 Å². The average molecular weight is 331 g/mol. The van der Waals surface area contributed by atoms with E-state index in [1.54, 1.807) is 13.0 Å². The minimum atomic E-state index is -0.408. The highest BCUT2D eigenvalue weighted by molar-refractivity contribution is 14.1. The first-order chi connectivity index (χ1) is 7.63. The SMILES string of the molecule is CCOC(=O)c1cc(OC)c(C#N)cc1I. The fraction of sp³-hybridized carbons (Fsp3) is 0.273. The molecule has 0 spiro atoms. The lowest BCUT2D eigenvalue weighted by molar-refractivity contribution is 0.0524. The summed E-state index contributed by atoms with van der Waals surface area (Å²) in [5.41, 5.74) is 0.818. The van der Waals surface area contributed by atoms with Gasteiger partial charge in [0.25, 0.3) is 0 Å². The van der Waals surface area contributed by atoms with E-state index >= 15 is 0 Å². The third-order valence-electron chi connectivity index (χ3n) is 1.90. The molecular weight excluding hydrogens is 321 g/mol. The van der Waals surface area contributed by atoms with E-state index in [2.05, 4.69) is 0 Å². The van der Waals surface area contributed by atoms with E-state index in [0.29, 0.717) is 27.1 Å². The van der Waals surface area contributed by atoms with Crippen LogP contribution in [0.5, 0.6) is 5.75 Å². The van der Waals surface area contributed by atoms with Gasteiger partial charge < -0.3 is 9.47 Å². The van der Waals surface area contributed by atoms with Crippen LogP contribution in [0.4, 0.5) is 0 Å². The van der Waals surface area contributed by atoms with Gasteiger partial charge in [-0.2, -0.15) is 5.26 Å². The van der Waals surface area contributed by atoms with Crippen LogP contribution in [0, 0.1) is 14.9 Å². The minimum absolute atomic E-state index is 0.317. The number of carbonyl (C=O) groups excluding carboxylic acids is 1. The number of hydrogen-bond donors (Lipinski definition) is 0. The molecule has 0 unspecified atom stereocenters. The normalized spacial score (nSPS) is 9.38. The van der Waals surface area contributed by atoms with E-state index in [0.717, 1.165) is 0 Å². The third-order valence-corrected chi connectivity index (χ3v) is 2.80. The van der Waals surface area contributed by atoms with Crippen LogP contribution in [0.2, 0.25) is 0 Å². The van der Waals surface area contributed by atoms with Crippen molar-refractivity contribution in [3.05, 3.63) is 26.8 Å². The zero-order valence-electron chi connectivity index (χ0n) is 8.91. The highest BCUT2D eigenvalue weighted by Crippen LogP contribution is 2.24. The molecule has 0 aliphatic heterocycles. The van der Waals surface area contributed by atoms with E-state index in [1.165, 1.54) is 13.2 Å². The van der Waals surface area contributed by atoms with Crippen molar-refractivity contribution in [1.82, 2.24) is 0 Å². The monoisotopic (exact) mass is 331 g/mol. The Labute approximate surface area is 107 Å². The van der Waals surface area contributed by atoms with E-state index in [4.69, 9.17) is 14.7 Å². The number of methoxy groups -OCH3 is 1. The van der Waals surface area contributed by atoms with Crippen molar-refractivity contribution >= 4 is 28.6 Å². The second-order valence-corrected chi connectivity index (χ2v) is 4.03. The summed E-state index contributed by atoms with van der Waals surface area (Å²) < 4.78 is 10.6. The van der Waals surface area contributed by atoms with Gasteiger partial charge in [-0.05, 0) is 41.6 Å². The van der Waals surface area contributed by atoms with Crippen molar-refractivity contribution in [2.24, 2.45) is 0 Å². The summed E-state index contributed by atoms with van der Waals surface area (Å²) in [6, 6.07) is 5.13. The molecule has 0 saturated carbocycles. The second-order valence-electron chi connectivity index (χ2n) is 2.86. The number of nitrogens with zero attached hydrogens (tertiary/aromatic N) is 1. The van der Waals surface area contributed by atoms with Gasteiger partial charge in [-0.3, -0.25) is 0 Å². The molecule has 0 N–H and O–H groups in total. The molecule has 0 fully saturated rings. The molecule has 16 heavy (non-hydrogen) atoms. The van der Waals surface area contributed by atoms with Gasteiger partial charge in [-0.1, -0.05) is 0 Å². The van der Waals surface area contributed by atoms with Gasteiger partial charge in [0.2, 0.25) is 0 Å². The van der Waals surface area contributed by atoms with Gasteiger partial charge >= 0.3 is 5.97 Å². The van der Waals surface area contributed by atoms with Crippen LogP contribution in [-0.4, -0.2) is 19.7 Å².